The number of hydrogen-bond acceptors (Lipinski definition) is 5. The van der Waals surface area contributed by atoms with E-state index in [9.17, 15) is 8.42 Å². The number of morpholine rings is 1. The van der Waals surface area contributed by atoms with Gasteiger partial charge in [0.15, 0.2) is 5.96 Å². The van der Waals surface area contributed by atoms with Crippen molar-refractivity contribution < 1.29 is 13.2 Å². The number of ether oxygens (including phenoxy) is 1. The molecule has 9 heteroatoms. The van der Waals surface area contributed by atoms with Gasteiger partial charge in [0.05, 0.1) is 19.8 Å². The number of thiophene rings is 1. The molecule has 1 atom stereocenters. The van der Waals surface area contributed by atoms with Crippen LogP contribution in [0.4, 0.5) is 0 Å². The van der Waals surface area contributed by atoms with Crippen molar-refractivity contribution in [3.8, 4) is 0 Å². The van der Waals surface area contributed by atoms with E-state index in [0.29, 0.717) is 43.1 Å². The van der Waals surface area contributed by atoms with Gasteiger partial charge in [-0.15, -0.1) is 11.3 Å². The highest BCUT2D eigenvalue weighted by molar-refractivity contribution is 7.91. The van der Waals surface area contributed by atoms with Gasteiger partial charge in [-0.1, -0.05) is 26.7 Å². The summed E-state index contributed by atoms with van der Waals surface area (Å²) in [6, 6.07) is 3.89. The van der Waals surface area contributed by atoms with Crippen LogP contribution in [0.25, 0.3) is 0 Å². The zero-order valence-electron chi connectivity index (χ0n) is 18.1. The van der Waals surface area contributed by atoms with E-state index in [-0.39, 0.29) is 0 Å². The maximum Gasteiger partial charge on any atom is 0.252 e. The first-order chi connectivity index (χ1) is 13.8. The number of hydrogen-bond donors (Lipinski definition) is 2. The number of nitrogens with zero attached hydrogens (tertiary/aromatic N) is 2. The Morgan fingerprint density at radius 2 is 1.97 bits per heavy atom. The largest absolute Gasteiger partial charge is 0.379 e. The molecule has 0 bridgehead atoms. The third-order valence-electron chi connectivity index (χ3n) is 4.74. The van der Waals surface area contributed by atoms with Gasteiger partial charge in [0.1, 0.15) is 4.21 Å². The second kappa shape index (κ2) is 11.9. The average Bonchev–Trinajstić information content (AvgIpc) is 3.16. The van der Waals surface area contributed by atoms with Crippen LogP contribution in [0.3, 0.4) is 0 Å². The molecule has 0 radical (unpaired) electrons. The van der Waals surface area contributed by atoms with Gasteiger partial charge in [0.2, 0.25) is 0 Å². The van der Waals surface area contributed by atoms with Crippen LogP contribution in [0.5, 0.6) is 0 Å². The highest BCUT2D eigenvalue weighted by Crippen LogP contribution is 2.26. The smallest absolute Gasteiger partial charge is 0.252 e. The monoisotopic (exact) mass is 444 g/mol. The van der Waals surface area contributed by atoms with E-state index in [1.54, 1.807) is 6.07 Å². The second-order valence-corrected chi connectivity index (χ2v) is 11.1. The van der Waals surface area contributed by atoms with Crippen LogP contribution in [0.1, 0.15) is 51.8 Å². The van der Waals surface area contributed by atoms with Gasteiger partial charge < -0.3 is 15.4 Å². The summed E-state index contributed by atoms with van der Waals surface area (Å²) in [6.45, 7) is 11.7. The summed E-state index contributed by atoms with van der Waals surface area (Å²) in [4.78, 5) is 5.58. The molecule has 2 N–H and O–H groups in total. The summed E-state index contributed by atoms with van der Waals surface area (Å²) < 4.78 is 32.6. The van der Waals surface area contributed by atoms with Crippen LogP contribution in [-0.4, -0.2) is 57.6 Å². The first-order valence-electron chi connectivity index (χ1n) is 10.5. The van der Waals surface area contributed by atoms with Crippen molar-refractivity contribution in [2.24, 2.45) is 10.9 Å². The first kappa shape index (κ1) is 24.1. The fourth-order valence-corrected chi connectivity index (χ4v) is 5.95. The van der Waals surface area contributed by atoms with Crippen molar-refractivity contribution in [2.45, 2.75) is 63.8 Å². The molecule has 0 spiro atoms. The molecule has 1 unspecified atom stereocenters. The van der Waals surface area contributed by atoms with E-state index < -0.39 is 10.0 Å². The number of rotatable bonds is 10. The van der Waals surface area contributed by atoms with Crippen LogP contribution in [-0.2, 0) is 21.3 Å². The Balaban J connectivity index is 1.95. The van der Waals surface area contributed by atoms with Gasteiger partial charge >= 0.3 is 0 Å². The Morgan fingerprint density at radius 1 is 1.24 bits per heavy atom. The van der Waals surface area contributed by atoms with Crippen molar-refractivity contribution in [1.29, 1.82) is 0 Å². The van der Waals surface area contributed by atoms with E-state index in [0.717, 1.165) is 29.7 Å². The lowest BCUT2D eigenvalue weighted by molar-refractivity contribution is 0.0731. The summed E-state index contributed by atoms with van der Waals surface area (Å²) >= 11 is 1.30. The zero-order valence-corrected chi connectivity index (χ0v) is 19.7. The number of guanidine groups is 1. The highest BCUT2D eigenvalue weighted by Gasteiger charge is 2.27. The second-order valence-electron chi connectivity index (χ2n) is 7.80. The standard InChI is InChI=1S/C20H36N4O3S2/c1-5-21-20(23-17(4)8-6-7-16(2)3)22-15-18-9-10-19(28-18)29(25,26)24-11-13-27-14-12-24/h9-10,16-17H,5-8,11-15H2,1-4H3,(H2,21,22,23). The number of aliphatic imine (C=N–C) groups is 1. The van der Waals surface area contributed by atoms with Gasteiger partial charge in [-0.25, -0.2) is 13.4 Å². The third kappa shape index (κ3) is 7.88. The van der Waals surface area contributed by atoms with Crippen LogP contribution >= 0.6 is 11.3 Å². The molecule has 0 amide bonds. The maximum absolute atomic E-state index is 12.8. The predicted molar refractivity (Wildman–Crippen MR) is 120 cm³/mol. The number of nitrogens with one attached hydrogen (secondary N) is 2. The van der Waals surface area contributed by atoms with Crippen molar-refractivity contribution in [3.05, 3.63) is 17.0 Å². The minimum absolute atomic E-state index is 0.340. The molecule has 0 aromatic carbocycles. The van der Waals surface area contributed by atoms with Gasteiger partial charge in [-0.3, -0.25) is 0 Å². The van der Waals surface area contributed by atoms with Crippen molar-refractivity contribution in [2.75, 3.05) is 32.8 Å². The van der Waals surface area contributed by atoms with E-state index >= 15 is 0 Å². The molecule has 1 aromatic rings. The zero-order chi connectivity index (χ0) is 21.3. The Morgan fingerprint density at radius 3 is 2.62 bits per heavy atom. The van der Waals surface area contributed by atoms with Crippen molar-refractivity contribution in [3.63, 3.8) is 0 Å². The van der Waals surface area contributed by atoms with Gasteiger partial charge in [0.25, 0.3) is 10.0 Å². The van der Waals surface area contributed by atoms with Crippen LogP contribution in [0.15, 0.2) is 21.3 Å². The lowest BCUT2D eigenvalue weighted by atomic mass is 10.0. The summed E-state index contributed by atoms with van der Waals surface area (Å²) in [5.74, 6) is 1.50. The Bertz CT molecular complexity index is 741. The molecule has 1 aliphatic rings. The molecule has 1 aliphatic heterocycles. The molecule has 2 rings (SSSR count). The minimum atomic E-state index is -3.43. The molecule has 0 aliphatic carbocycles. The molecule has 1 aromatic heterocycles. The average molecular weight is 445 g/mol. The lowest BCUT2D eigenvalue weighted by Gasteiger charge is -2.25. The molecular weight excluding hydrogens is 408 g/mol. The summed E-state index contributed by atoms with van der Waals surface area (Å²) in [6.07, 6.45) is 3.53. The van der Waals surface area contributed by atoms with E-state index in [1.165, 1.54) is 28.5 Å². The SMILES string of the molecule is CCNC(=NCc1ccc(S(=O)(=O)N2CCOCC2)s1)NC(C)CCCC(C)C. The van der Waals surface area contributed by atoms with Crippen LogP contribution in [0, 0.1) is 5.92 Å². The lowest BCUT2D eigenvalue weighted by Crippen LogP contribution is -2.42. The summed E-state index contributed by atoms with van der Waals surface area (Å²) in [7, 11) is -3.43. The number of sulfonamides is 1. The van der Waals surface area contributed by atoms with Gasteiger partial charge in [-0.05, 0) is 38.3 Å². The molecule has 0 saturated carbocycles. The van der Waals surface area contributed by atoms with Crippen molar-refractivity contribution in [1.82, 2.24) is 14.9 Å². The highest BCUT2D eigenvalue weighted by atomic mass is 32.2. The quantitative estimate of drug-likeness (QED) is 0.428. The van der Waals surface area contributed by atoms with E-state index in [2.05, 4.69) is 36.4 Å². The van der Waals surface area contributed by atoms with Gasteiger partial charge in [-0.2, -0.15) is 4.31 Å². The van der Waals surface area contributed by atoms with Crippen LogP contribution in [0.2, 0.25) is 0 Å². The summed E-state index contributed by atoms with van der Waals surface area (Å²) in [5.41, 5.74) is 0. The van der Waals surface area contributed by atoms with Crippen molar-refractivity contribution >= 4 is 27.3 Å². The molecule has 1 fully saturated rings. The topological polar surface area (TPSA) is 83.0 Å². The molecule has 29 heavy (non-hydrogen) atoms. The molecule has 2 heterocycles. The Hall–Kier alpha value is -1.16. The third-order valence-corrected chi connectivity index (χ3v) is 8.18. The molecule has 166 valence electrons. The minimum Gasteiger partial charge on any atom is -0.379 e. The maximum atomic E-state index is 12.8. The van der Waals surface area contributed by atoms with E-state index in [4.69, 9.17) is 4.74 Å². The first-order valence-corrected chi connectivity index (χ1v) is 12.8. The van der Waals surface area contributed by atoms with Crippen LogP contribution < -0.4 is 10.6 Å². The fourth-order valence-electron chi connectivity index (χ4n) is 3.11. The molecule has 7 nitrogen and oxygen atoms in total. The van der Waals surface area contributed by atoms with Gasteiger partial charge in [0, 0.05) is 30.6 Å². The fraction of sp³-hybridized carbons (Fsp3) is 0.750. The predicted octanol–water partition coefficient (Wildman–Crippen LogP) is 3.04. The Labute approximate surface area is 180 Å². The Kier molecular flexibility index (Phi) is 9.88. The summed E-state index contributed by atoms with van der Waals surface area (Å²) in [5, 5.41) is 6.73. The normalized spacial score (nSPS) is 17.5. The molecule has 1 saturated heterocycles. The van der Waals surface area contributed by atoms with E-state index in [1.807, 2.05) is 13.0 Å². The molecular formula is C20H36N4O3S2.